The maximum absolute atomic E-state index is 13.2. The van der Waals surface area contributed by atoms with Crippen molar-refractivity contribution in [1.82, 2.24) is 19.7 Å². The molecular weight excluding hydrogens is 342 g/mol. The maximum Gasteiger partial charge on any atom is 0.408 e. The summed E-state index contributed by atoms with van der Waals surface area (Å²) in [6.07, 6.45) is -4.90. The van der Waals surface area contributed by atoms with Crippen LogP contribution < -0.4 is 5.73 Å². The number of amides is 1. The first kappa shape index (κ1) is 18.8. The molecule has 0 unspecified atom stereocenters. The number of nitrogens with two attached hydrogens (primary N) is 1. The molecule has 136 valence electrons. The highest BCUT2D eigenvalue weighted by Crippen LogP contribution is 2.28. The van der Waals surface area contributed by atoms with Gasteiger partial charge in [0.15, 0.2) is 5.82 Å². The first-order chi connectivity index (χ1) is 11.6. The third-order valence-corrected chi connectivity index (χ3v) is 3.35. The highest BCUT2D eigenvalue weighted by molar-refractivity contribution is 5.75. The van der Waals surface area contributed by atoms with Crippen molar-refractivity contribution < 1.29 is 22.4 Å². The van der Waals surface area contributed by atoms with Crippen LogP contribution in [0.2, 0.25) is 0 Å². The molecule has 1 aromatic carbocycles. The molecule has 0 bridgehead atoms. The number of hydrogen-bond donors (Lipinski definition) is 1. The zero-order chi connectivity index (χ0) is 18.8. The van der Waals surface area contributed by atoms with Crippen LogP contribution in [0.15, 0.2) is 24.3 Å². The number of carbonyl (C=O) groups is 1. The SMILES string of the molecule is CN(C)[C@H](c1ccc(F)cc1)c1nc(CC(N)=O)nn1CC(F)(F)F. The molecule has 10 heteroatoms. The van der Waals surface area contributed by atoms with Gasteiger partial charge in [-0.2, -0.15) is 18.3 Å². The fourth-order valence-electron chi connectivity index (χ4n) is 2.45. The Morgan fingerprint density at radius 1 is 1.28 bits per heavy atom. The molecule has 0 saturated heterocycles. The highest BCUT2D eigenvalue weighted by atomic mass is 19.4. The number of alkyl halides is 3. The van der Waals surface area contributed by atoms with Crippen LogP contribution in [0.3, 0.4) is 0 Å². The largest absolute Gasteiger partial charge is 0.408 e. The summed E-state index contributed by atoms with van der Waals surface area (Å²) >= 11 is 0. The Kier molecular flexibility index (Phi) is 5.41. The summed E-state index contributed by atoms with van der Waals surface area (Å²) in [7, 11) is 3.29. The molecular formula is C15H17F4N5O. The Hall–Kier alpha value is -2.49. The zero-order valence-electron chi connectivity index (χ0n) is 13.6. The van der Waals surface area contributed by atoms with E-state index < -0.39 is 30.5 Å². The van der Waals surface area contributed by atoms with Crippen LogP contribution in [0, 0.1) is 5.82 Å². The lowest BCUT2D eigenvalue weighted by atomic mass is 10.1. The third kappa shape index (κ3) is 4.99. The van der Waals surface area contributed by atoms with Gasteiger partial charge in [-0.15, -0.1) is 0 Å². The molecule has 0 aliphatic heterocycles. The summed E-state index contributed by atoms with van der Waals surface area (Å²) in [6.45, 7) is -1.36. The molecule has 0 spiro atoms. The summed E-state index contributed by atoms with van der Waals surface area (Å²) in [5.74, 6) is -1.32. The molecule has 6 nitrogen and oxygen atoms in total. The van der Waals surface area contributed by atoms with E-state index in [0.29, 0.717) is 10.2 Å². The monoisotopic (exact) mass is 359 g/mol. The number of primary amides is 1. The average molecular weight is 359 g/mol. The van der Waals surface area contributed by atoms with Gasteiger partial charge >= 0.3 is 6.18 Å². The fourth-order valence-corrected chi connectivity index (χ4v) is 2.45. The van der Waals surface area contributed by atoms with Crippen LogP contribution in [0.25, 0.3) is 0 Å². The maximum atomic E-state index is 13.2. The van der Waals surface area contributed by atoms with E-state index in [4.69, 9.17) is 5.73 Å². The van der Waals surface area contributed by atoms with Gasteiger partial charge in [-0.3, -0.25) is 9.69 Å². The Morgan fingerprint density at radius 3 is 2.36 bits per heavy atom. The highest BCUT2D eigenvalue weighted by Gasteiger charge is 2.33. The third-order valence-electron chi connectivity index (χ3n) is 3.35. The van der Waals surface area contributed by atoms with Gasteiger partial charge in [0.25, 0.3) is 0 Å². The number of hydrogen-bond acceptors (Lipinski definition) is 4. The predicted molar refractivity (Wildman–Crippen MR) is 80.9 cm³/mol. The zero-order valence-corrected chi connectivity index (χ0v) is 13.6. The molecule has 0 radical (unpaired) electrons. The first-order valence-electron chi connectivity index (χ1n) is 7.27. The van der Waals surface area contributed by atoms with Gasteiger partial charge in [0.05, 0.1) is 12.5 Å². The van der Waals surface area contributed by atoms with Crippen molar-refractivity contribution in [1.29, 1.82) is 0 Å². The van der Waals surface area contributed by atoms with E-state index >= 15 is 0 Å². The van der Waals surface area contributed by atoms with Crippen molar-refractivity contribution in [2.24, 2.45) is 5.73 Å². The van der Waals surface area contributed by atoms with Crippen LogP contribution in [0.1, 0.15) is 23.3 Å². The number of halogens is 4. The van der Waals surface area contributed by atoms with Gasteiger partial charge in [0, 0.05) is 0 Å². The predicted octanol–water partition coefficient (Wildman–Crippen LogP) is 1.66. The summed E-state index contributed by atoms with van der Waals surface area (Å²) in [5.41, 5.74) is 5.61. The number of rotatable bonds is 6. The Balaban J connectivity index is 2.52. The van der Waals surface area contributed by atoms with Crippen LogP contribution >= 0.6 is 0 Å². The molecule has 0 aliphatic rings. The number of nitrogens with zero attached hydrogens (tertiary/aromatic N) is 4. The van der Waals surface area contributed by atoms with Crippen molar-refractivity contribution in [3.05, 3.63) is 47.3 Å². The Bertz CT molecular complexity index is 739. The van der Waals surface area contributed by atoms with E-state index in [1.54, 1.807) is 19.0 Å². The lowest BCUT2D eigenvalue weighted by Crippen LogP contribution is -2.28. The number of carbonyl (C=O) groups excluding carboxylic acids is 1. The van der Waals surface area contributed by atoms with Gasteiger partial charge in [-0.05, 0) is 31.8 Å². The van der Waals surface area contributed by atoms with Crippen molar-refractivity contribution in [2.45, 2.75) is 25.2 Å². The normalized spacial score (nSPS) is 13.2. The molecule has 0 saturated carbocycles. The minimum absolute atomic E-state index is 0.00909. The van der Waals surface area contributed by atoms with E-state index in [1.807, 2.05) is 0 Å². The molecule has 2 N–H and O–H groups in total. The molecule has 25 heavy (non-hydrogen) atoms. The molecule has 1 heterocycles. The second-order valence-corrected chi connectivity index (χ2v) is 5.72. The van der Waals surface area contributed by atoms with Crippen LogP contribution in [-0.4, -0.2) is 45.8 Å². The second-order valence-electron chi connectivity index (χ2n) is 5.72. The smallest absolute Gasteiger partial charge is 0.369 e. The molecule has 2 aromatic rings. The van der Waals surface area contributed by atoms with E-state index in [0.717, 1.165) is 0 Å². The van der Waals surface area contributed by atoms with Crippen molar-refractivity contribution in [3.63, 3.8) is 0 Å². The van der Waals surface area contributed by atoms with Gasteiger partial charge < -0.3 is 5.73 Å². The molecule has 0 fully saturated rings. The molecule has 1 aromatic heterocycles. The molecule has 1 amide bonds. The van der Waals surface area contributed by atoms with Crippen LogP contribution in [0.5, 0.6) is 0 Å². The standard InChI is InChI=1S/C15H17F4N5O/c1-23(2)13(9-3-5-10(16)6-4-9)14-21-12(7-11(20)25)22-24(14)8-15(17,18)19/h3-6,13H,7-8H2,1-2H3,(H2,20,25)/t13-/m1/s1. The van der Waals surface area contributed by atoms with Crippen molar-refractivity contribution in [2.75, 3.05) is 14.1 Å². The molecule has 2 rings (SSSR count). The quantitative estimate of drug-likeness (QED) is 0.796. The minimum atomic E-state index is -4.52. The van der Waals surface area contributed by atoms with E-state index in [1.165, 1.54) is 24.3 Å². The number of aromatic nitrogens is 3. The summed E-state index contributed by atoms with van der Waals surface area (Å²) in [5, 5.41) is 3.77. The van der Waals surface area contributed by atoms with Gasteiger partial charge in [0.1, 0.15) is 18.2 Å². The molecule has 0 aliphatic carbocycles. The summed E-state index contributed by atoms with van der Waals surface area (Å²) in [4.78, 5) is 16.7. The van der Waals surface area contributed by atoms with Gasteiger partial charge in [-0.25, -0.2) is 14.1 Å². The van der Waals surface area contributed by atoms with E-state index in [9.17, 15) is 22.4 Å². The topological polar surface area (TPSA) is 77.0 Å². The summed E-state index contributed by atoms with van der Waals surface area (Å²) < 4.78 is 52.5. The van der Waals surface area contributed by atoms with E-state index in [-0.39, 0.29) is 18.1 Å². The minimum Gasteiger partial charge on any atom is -0.369 e. The van der Waals surface area contributed by atoms with Crippen LogP contribution in [-0.2, 0) is 17.8 Å². The Morgan fingerprint density at radius 2 is 1.88 bits per heavy atom. The first-order valence-corrected chi connectivity index (χ1v) is 7.27. The molecule has 1 atom stereocenters. The lowest BCUT2D eigenvalue weighted by molar-refractivity contribution is -0.143. The van der Waals surface area contributed by atoms with Crippen LogP contribution in [0.4, 0.5) is 17.6 Å². The van der Waals surface area contributed by atoms with Gasteiger partial charge in [-0.1, -0.05) is 12.1 Å². The van der Waals surface area contributed by atoms with Gasteiger partial charge in [0.2, 0.25) is 5.91 Å². The summed E-state index contributed by atoms with van der Waals surface area (Å²) in [6, 6.07) is 4.62. The number of benzene rings is 1. The lowest BCUT2D eigenvalue weighted by Gasteiger charge is -2.24. The van der Waals surface area contributed by atoms with Crippen molar-refractivity contribution >= 4 is 5.91 Å². The van der Waals surface area contributed by atoms with Crippen molar-refractivity contribution in [3.8, 4) is 0 Å². The Labute approximate surface area is 141 Å². The fraction of sp³-hybridized carbons (Fsp3) is 0.400. The second kappa shape index (κ2) is 7.18. The van der Waals surface area contributed by atoms with E-state index in [2.05, 4.69) is 10.1 Å². The average Bonchev–Trinajstić information content (AvgIpc) is 2.80.